The minimum absolute atomic E-state index is 0.203. The van der Waals surface area contributed by atoms with Gasteiger partial charge in [-0.1, -0.05) is 6.92 Å². The van der Waals surface area contributed by atoms with E-state index < -0.39 is 11.6 Å². The molecule has 0 aliphatic heterocycles. The largest absolute Gasteiger partial charge is 0.488 e. The maximum atomic E-state index is 13.4. The molecular weight excluding hydrogens is 246 g/mol. The lowest BCUT2D eigenvalue weighted by Gasteiger charge is -2.09. The fraction of sp³-hybridized carbons (Fsp3) is 0.500. The first-order valence-electron chi connectivity index (χ1n) is 5.48. The minimum atomic E-state index is -0.766. The van der Waals surface area contributed by atoms with Crippen molar-refractivity contribution in [1.29, 1.82) is 0 Å². The van der Waals surface area contributed by atoms with E-state index in [-0.39, 0.29) is 17.9 Å². The lowest BCUT2D eigenvalue weighted by atomic mass is 10.2. The van der Waals surface area contributed by atoms with E-state index >= 15 is 0 Å². The maximum absolute atomic E-state index is 13.4. The van der Waals surface area contributed by atoms with Crippen LogP contribution in [0.4, 0.5) is 8.78 Å². The van der Waals surface area contributed by atoms with Gasteiger partial charge in [0.05, 0.1) is 13.2 Å². The van der Waals surface area contributed by atoms with Crippen molar-refractivity contribution >= 4 is 11.8 Å². The topological polar surface area (TPSA) is 29.5 Å². The Morgan fingerprint density at radius 1 is 1.29 bits per heavy atom. The smallest absolute Gasteiger partial charge is 0.190 e. The van der Waals surface area contributed by atoms with E-state index in [2.05, 4.69) is 6.92 Å². The van der Waals surface area contributed by atoms with Crippen molar-refractivity contribution in [3.63, 3.8) is 0 Å². The zero-order valence-electron chi connectivity index (χ0n) is 9.71. The number of halogens is 2. The summed E-state index contributed by atoms with van der Waals surface area (Å²) in [5.41, 5.74) is 0.203. The SMILES string of the molecule is CCSCCCOc1c(F)cc(CO)cc1F. The predicted molar refractivity (Wildman–Crippen MR) is 65.4 cm³/mol. The number of benzene rings is 1. The van der Waals surface area contributed by atoms with Crippen LogP contribution in [0.15, 0.2) is 12.1 Å². The van der Waals surface area contributed by atoms with Gasteiger partial charge in [0.25, 0.3) is 0 Å². The summed E-state index contributed by atoms with van der Waals surface area (Å²) in [5, 5.41) is 8.77. The van der Waals surface area contributed by atoms with Gasteiger partial charge in [0.1, 0.15) is 0 Å². The number of ether oxygens (including phenoxy) is 1. The molecule has 0 atom stereocenters. The molecule has 0 amide bonds. The number of aliphatic hydroxyl groups excluding tert-OH is 1. The van der Waals surface area contributed by atoms with Gasteiger partial charge in [-0.15, -0.1) is 0 Å². The number of hydrogen-bond acceptors (Lipinski definition) is 3. The summed E-state index contributed by atoms with van der Waals surface area (Å²) in [6.07, 6.45) is 0.749. The number of rotatable bonds is 7. The van der Waals surface area contributed by atoms with Gasteiger partial charge >= 0.3 is 0 Å². The molecule has 0 saturated heterocycles. The molecule has 17 heavy (non-hydrogen) atoms. The van der Waals surface area contributed by atoms with E-state index in [1.54, 1.807) is 11.8 Å². The number of thioether (sulfide) groups is 1. The Hall–Kier alpha value is -0.810. The van der Waals surface area contributed by atoms with Crippen molar-refractivity contribution in [3.05, 3.63) is 29.3 Å². The Morgan fingerprint density at radius 3 is 2.47 bits per heavy atom. The first kappa shape index (κ1) is 14.3. The third-order valence-electron chi connectivity index (χ3n) is 2.12. The van der Waals surface area contributed by atoms with Crippen molar-refractivity contribution in [2.45, 2.75) is 20.0 Å². The van der Waals surface area contributed by atoms with E-state index in [0.29, 0.717) is 6.61 Å². The van der Waals surface area contributed by atoms with E-state index in [1.165, 1.54) is 0 Å². The second-order valence-electron chi connectivity index (χ2n) is 3.45. The van der Waals surface area contributed by atoms with Crippen molar-refractivity contribution in [3.8, 4) is 5.75 Å². The molecule has 1 aromatic carbocycles. The zero-order valence-corrected chi connectivity index (χ0v) is 10.5. The van der Waals surface area contributed by atoms with Gasteiger partial charge in [0.2, 0.25) is 0 Å². The summed E-state index contributed by atoms with van der Waals surface area (Å²) in [5.74, 6) is 0.0423. The summed E-state index contributed by atoms with van der Waals surface area (Å²) < 4.78 is 31.9. The lowest BCUT2D eigenvalue weighted by Crippen LogP contribution is -2.03. The fourth-order valence-electron chi connectivity index (χ4n) is 1.32. The van der Waals surface area contributed by atoms with Crippen LogP contribution in [0.25, 0.3) is 0 Å². The summed E-state index contributed by atoms with van der Waals surface area (Å²) in [4.78, 5) is 0. The predicted octanol–water partition coefficient (Wildman–Crippen LogP) is 2.98. The average Bonchev–Trinajstić information content (AvgIpc) is 2.31. The Bertz CT molecular complexity index is 335. The quantitative estimate of drug-likeness (QED) is 0.766. The van der Waals surface area contributed by atoms with E-state index in [0.717, 1.165) is 30.1 Å². The Kier molecular flexibility index (Phi) is 6.29. The third kappa shape index (κ3) is 4.52. The third-order valence-corrected chi connectivity index (χ3v) is 3.11. The van der Waals surface area contributed by atoms with Gasteiger partial charge in [-0.2, -0.15) is 11.8 Å². The molecule has 0 bridgehead atoms. The molecule has 0 aromatic heterocycles. The molecule has 0 saturated carbocycles. The maximum Gasteiger partial charge on any atom is 0.190 e. The van der Waals surface area contributed by atoms with Crippen LogP contribution in [0.5, 0.6) is 5.75 Å². The molecule has 0 spiro atoms. The molecule has 1 N–H and O–H groups in total. The van der Waals surface area contributed by atoms with E-state index in [9.17, 15) is 8.78 Å². The molecule has 0 unspecified atom stereocenters. The minimum Gasteiger partial charge on any atom is -0.488 e. The van der Waals surface area contributed by atoms with Crippen LogP contribution in [0.3, 0.4) is 0 Å². The fourth-order valence-corrected chi connectivity index (χ4v) is 1.93. The monoisotopic (exact) mass is 262 g/mol. The van der Waals surface area contributed by atoms with Gasteiger partial charge in [-0.25, -0.2) is 8.78 Å². The summed E-state index contributed by atoms with van der Waals surface area (Å²) in [7, 11) is 0. The van der Waals surface area contributed by atoms with Gasteiger partial charge in [-0.05, 0) is 35.6 Å². The van der Waals surface area contributed by atoms with E-state index in [1.807, 2.05) is 0 Å². The summed E-state index contributed by atoms with van der Waals surface area (Å²) >= 11 is 1.76. The normalized spacial score (nSPS) is 10.6. The first-order chi connectivity index (χ1) is 8.19. The average molecular weight is 262 g/mol. The zero-order chi connectivity index (χ0) is 12.7. The van der Waals surface area contributed by atoms with Crippen LogP contribution in [0.1, 0.15) is 18.9 Å². The molecule has 0 radical (unpaired) electrons. The van der Waals surface area contributed by atoms with Crippen LogP contribution in [0, 0.1) is 11.6 Å². The number of hydrogen-bond donors (Lipinski definition) is 1. The van der Waals surface area contributed by atoms with Crippen LogP contribution < -0.4 is 4.74 Å². The van der Waals surface area contributed by atoms with Crippen molar-refractivity contribution in [1.82, 2.24) is 0 Å². The molecule has 1 aromatic rings. The van der Waals surface area contributed by atoms with Gasteiger partial charge in [0.15, 0.2) is 17.4 Å². The number of aliphatic hydroxyl groups is 1. The molecule has 96 valence electrons. The highest BCUT2D eigenvalue weighted by Crippen LogP contribution is 2.23. The highest BCUT2D eigenvalue weighted by molar-refractivity contribution is 7.99. The Morgan fingerprint density at radius 2 is 1.94 bits per heavy atom. The summed E-state index contributed by atoms with van der Waals surface area (Å²) in [6.45, 7) is 1.96. The van der Waals surface area contributed by atoms with Gasteiger partial charge in [0, 0.05) is 0 Å². The summed E-state index contributed by atoms with van der Waals surface area (Å²) in [6, 6.07) is 2.17. The standard InChI is InChI=1S/C12H16F2O2S/c1-2-17-5-3-4-16-12-10(13)6-9(8-15)7-11(12)14/h6-7,15H,2-5,8H2,1H3. The molecular formula is C12H16F2O2S. The lowest BCUT2D eigenvalue weighted by molar-refractivity contribution is 0.272. The molecule has 1 rings (SSSR count). The molecule has 5 heteroatoms. The highest BCUT2D eigenvalue weighted by atomic mass is 32.2. The molecule has 2 nitrogen and oxygen atoms in total. The molecule has 0 fully saturated rings. The Labute approximate surface area is 104 Å². The Balaban J connectivity index is 2.53. The highest BCUT2D eigenvalue weighted by Gasteiger charge is 2.12. The van der Waals surface area contributed by atoms with Crippen LogP contribution in [0.2, 0.25) is 0 Å². The second kappa shape index (κ2) is 7.50. The molecule has 0 aliphatic rings. The van der Waals surface area contributed by atoms with Gasteiger partial charge < -0.3 is 9.84 Å². The van der Waals surface area contributed by atoms with Crippen molar-refractivity contribution in [2.75, 3.05) is 18.1 Å². The van der Waals surface area contributed by atoms with Crippen LogP contribution >= 0.6 is 11.8 Å². The molecule has 0 aliphatic carbocycles. The second-order valence-corrected chi connectivity index (χ2v) is 4.84. The molecule has 0 heterocycles. The first-order valence-corrected chi connectivity index (χ1v) is 6.63. The van der Waals surface area contributed by atoms with Gasteiger partial charge in [-0.3, -0.25) is 0 Å². The van der Waals surface area contributed by atoms with Crippen LogP contribution in [-0.4, -0.2) is 23.2 Å². The van der Waals surface area contributed by atoms with Crippen LogP contribution in [-0.2, 0) is 6.61 Å². The van der Waals surface area contributed by atoms with E-state index in [4.69, 9.17) is 9.84 Å². The van der Waals surface area contributed by atoms with Crippen molar-refractivity contribution < 1.29 is 18.6 Å². The van der Waals surface area contributed by atoms with Crippen molar-refractivity contribution in [2.24, 2.45) is 0 Å².